The normalized spacial score (nSPS) is 10.2. The van der Waals surface area contributed by atoms with E-state index in [9.17, 15) is 0 Å². The lowest BCUT2D eigenvalue weighted by Crippen LogP contribution is -2.08. The van der Waals surface area contributed by atoms with Gasteiger partial charge in [0.15, 0.2) is 0 Å². The number of nitrogens with two attached hydrogens (primary N) is 1. The van der Waals surface area contributed by atoms with Gasteiger partial charge in [0, 0.05) is 12.2 Å². The number of ether oxygens (including phenoxy) is 1. The molecule has 19 heavy (non-hydrogen) atoms. The molecule has 1 heterocycles. The molecule has 0 amide bonds. The second kappa shape index (κ2) is 6.38. The van der Waals surface area contributed by atoms with Crippen LogP contribution in [0.5, 0.6) is 5.88 Å². The minimum Gasteiger partial charge on any atom is -0.480 e. The van der Waals surface area contributed by atoms with Crippen molar-refractivity contribution in [3.8, 4) is 5.88 Å². The zero-order valence-electron chi connectivity index (χ0n) is 10.6. The molecule has 1 aromatic heterocycles. The minimum absolute atomic E-state index is 0.519. The predicted octanol–water partition coefficient (Wildman–Crippen LogP) is 2.48. The number of hydrogen-bond donors (Lipinski definition) is 2. The Labute approximate surface area is 120 Å². The number of anilines is 2. The summed E-state index contributed by atoms with van der Waals surface area (Å²) in [6, 6.07) is 7.82. The predicted molar refractivity (Wildman–Crippen MR) is 79.3 cm³/mol. The van der Waals surface area contributed by atoms with Crippen LogP contribution in [-0.2, 0) is 6.42 Å². The lowest BCUT2D eigenvalue weighted by molar-refractivity contribution is 0.394. The second-order valence-electron chi connectivity index (χ2n) is 3.97. The van der Waals surface area contributed by atoms with Crippen molar-refractivity contribution in [2.75, 3.05) is 24.7 Å². The van der Waals surface area contributed by atoms with Crippen molar-refractivity contribution in [2.24, 2.45) is 0 Å². The maximum absolute atomic E-state index is 5.64. The molecule has 0 unspecified atom stereocenters. The number of rotatable bonds is 5. The first kappa shape index (κ1) is 13.6. The van der Waals surface area contributed by atoms with E-state index in [4.69, 9.17) is 10.5 Å². The Kier molecular flexibility index (Phi) is 4.57. The third kappa shape index (κ3) is 3.82. The van der Waals surface area contributed by atoms with E-state index < -0.39 is 0 Å². The summed E-state index contributed by atoms with van der Waals surface area (Å²) in [5, 5.41) is 3.16. The minimum atomic E-state index is 0.519. The summed E-state index contributed by atoms with van der Waals surface area (Å²) in [5.74, 6) is 1.07. The first-order chi connectivity index (χ1) is 9.19. The standard InChI is InChI=1S/C13H15BrN4O/c1-19-12-11(14)8-17-13(18-12)16-7-6-9-2-4-10(15)5-3-9/h2-5,8H,6-7,15H2,1H3,(H,16,17,18). The van der Waals surface area contributed by atoms with Gasteiger partial charge >= 0.3 is 0 Å². The van der Waals surface area contributed by atoms with E-state index in [0.717, 1.165) is 23.1 Å². The van der Waals surface area contributed by atoms with Gasteiger partial charge in [-0.05, 0) is 40.0 Å². The Hall–Kier alpha value is -1.82. The number of methoxy groups -OCH3 is 1. The van der Waals surface area contributed by atoms with E-state index in [2.05, 4.69) is 31.2 Å². The largest absolute Gasteiger partial charge is 0.480 e. The Bertz CT molecular complexity index is 545. The molecule has 0 bridgehead atoms. The SMILES string of the molecule is COc1nc(NCCc2ccc(N)cc2)ncc1Br. The van der Waals surface area contributed by atoms with Crippen LogP contribution >= 0.6 is 15.9 Å². The summed E-state index contributed by atoms with van der Waals surface area (Å²) in [6.45, 7) is 0.745. The average molecular weight is 323 g/mol. The van der Waals surface area contributed by atoms with Gasteiger partial charge in [0.1, 0.15) is 0 Å². The Morgan fingerprint density at radius 2 is 2.05 bits per heavy atom. The van der Waals surface area contributed by atoms with Crippen LogP contribution in [0, 0.1) is 0 Å². The molecule has 2 rings (SSSR count). The van der Waals surface area contributed by atoms with Crippen molar-refractivity contribution >= 4 is 27.6 Å². The smallest absolute Gasteiger partial charge is 0.232 e. The molecule has 0 spiro atoms. The average Bonchev–Trinajstić information content (AvgIpc) is 2.43. The topological polar surface area (TPSA) is 73.1 Å². The first-order valence-electron chi connectivity index (χ1n) is 5.84. The molecule has 3 N–H and O–H groups in total. The van der Waals surface area contributed by atoms with E-state index >= 15 is 0 Å². The number of benzene rings is 1. The van der Waals surface area contributed by atoms with Gasteiger partial charge in [0.05, 0.1) is 17.8 Å². The lowest BCUT2D eigenvalue weighted by Gasteiger charge is -2.07. The molecule has 0 saturated carbocycles. The number of hydrogen-bond acceptors (Lipinski definition) is 5. The zero-order valence-corrected chi connectivity index (χ0v) is 12.1. The van der Waals surface area contributed by atoms with E-state index in [1.807, 2.05) is 24.3 Å². The van der Waals surface area contributed by atoms with Gasteiger partial charge in [-0.3, -0.25) is 0 Å². The van der Waals surface area contributed by atoms with E-state index in [1.54, 1.807) is 13.3 Å². The molecule has 0 aliphatic carbocycles. The summed E-state index contributed by atoms with van der Waals surface area (Å²) in [4.78, 5) is 8.39. The first-order valence-corrected chi connectivity index (χ1v) is 6.63. The molecule has 6 heteroatoms. The summed E-state index contributed by atoms with van der Waals surface area (Å²) in [7, 11) is 1.57. The van der Waals surface area contributed by atoms with Crippen LogP contribution < -0.4 is 15.8 Å². The van der Waals surface area contributed by atoms with Crippen molar-refractivity contribution in [2.45, 2.75) is 6.42 Å². The van der Waals surface area contributed by atoms with E-state index in [-0.39, 0.29) is 0 Å². The summed E-state index contributed by atoms with van der Waals surface area (Å²) in [6.07, 6.45) is 2.54. The third-order valence-corrected chi connectivity index (χ3v) is 3.13. The van der Waals surface area contributed by atoms with Crippen LogP contribution in [-0.4, -0.2) is 23.6 Å². The van der Waals surface area contributed by atoms with Gasteiger partial charge in [-0.25, -0.2) is 4.98 Å². The van der Waals surface area contributed by atoms with Crippen molar-refractivity contribution in [1.29, 1.82) is 0 Å². The molecule has 5 nitrogen and oxygen atoms in total. The lowest BCUT2D eigenvalue weighted by atomic mass is 10.1. The summed E-state index contributed by atoms with van der Waals surface area (Å²) < 4.78 is 5.85. The van der Waals surface area contributed by atoms with E-state index in [1.165, 1.54) is 5.56 Å². The molecule has 0 atom stereocenters. The molecule has 1 aromatic carbocycles. The number of nitrogens with one attached hydrogen (secondary N) is 1. The molecular weight excluding hydrogens is 308 g/mol. The van der Waals surface area contributed by atoms with Crippen LogP contribution in [0.4, 0.5) is 11.6 Å². The fourth-order valence-electron chi connectivity index (χ4n) is 1.58. The Morgan fingerprint density at radius 1 is 1.32 bits per heavy atom. The molecule has 100 valence electrons. The molecule has 2 aromatic rings. The van der Waals surface area contributed by atoms with Gasteiger partial charge in [-0.2, -0.15) is 4.98 Å². The van der Waals surface area contributed by atoms with Crippen molar-refractivity contribution in [3.63, 3.8) is 0 Å². The molecule has 0 aliphatic heterocycles. The highest BCUT2D eigenvalue weighted by Gasteiger charge is 2.04. The van der Waals surface area contributed by atoms with Gasteiger partial charge in [-0.1, -0.05) is 12.1 Å². The molecule has 0 aliphatic rings. The highest BCUT2D eigenvalue weighted by Crippen LogP contribution is 2.21. The molecule has 0 radical (unpaired) electrons. The highest BCUT2D eigenvalue weighted by atomic mass is 79.9. The van der Waals surface area contributed by atoms with Crippen LogP contribution in [0.2, 0.25) is 0 Å². The summed E-state index contributed by atoms with van der Waals surface area (Å²) >= 11 is 3.31. The third-order valence-electron chi connectivity index (χ3n) is 2.58. The molecule has 0 saturated heterocycles. The van der Waals surface area contributed by atoms with Crippen LogP contribution in [0.3, 0.4) is 0 Å². The Balaban J connectivity index is 1.90. The molecule has 0 fully saturated rings. The van der Waals surface area contributed by atoms with Crippen LogP contribution in [0.15, 0.2) is 34.9 Å². The van der Waals surface area contributed by atoms with E-state index in [0.29, 0.717) is 11.8 Å². The summed E-state index contributed by atoms with van der Waals surface area (Å²) in [5.41, 5.74) is 7.63. The van der Waals surface area contributed by atoms with Gasteiger partial charge < -0.3 is 15.8 Å². The van der Waals surface area contributed by atoms with Crippen molar-refractivity contribution in [3.05, 3.63) is 40.5 Å². The number of nitrogens with zero attached hydrogens (tertiary/aromatic N) is 2. The van der Waals surface area contributed by atoms with Gasteiger partial charge in [0.25, 0.3) is 0 Å². The fourth-order valence-corrected chi connectivity index (χ4v) is 1.94. The number of halogens is 1. The maximum Gasteiger partial charge on any atom is 0.232 e. The maximum atomic E-state index is 5.64. The number of aromatic nitrogens is 2. The fraction of sp³-hybridized carbons (Fsp3) is 0.231. The zero-order chi connectivity index (χ0) is 13.7. The van der Waals surface area contributed by atoms with Crippen molar-refractivity contribution in [1.82, 2.24) is 9.97 Å². The highest BCUT2D eigenvalue weighted by molar-refractivity contribution is 9.10. The monoisotopic (exact) mass is 322 g/mol. The van der Waals surface area contributed by atoms with Crippen LogP contribution in [0.1, 0.15) is 5.56 Å². The second-order valence-corrected chi connectivity index (χ2v) is 4.82. The van der Waals surface area contributed by atoms with Gasteiger partial charge in [-0.15, -0.1) is 0 Å². The Morgan fingerprint density at radius 3 is 2.74 bits per heavy atom. The van der Waals surface area contributed by atoms with Gasteiger partial charge in [0.2, 0.25) is 11.8 Å². The van der Waals surface area contributed by atoms with Crippen LogP contribution in [0.25, 0.3) is 0 Å². The number of nitrogen functional groups attached to an aromatic ring is 1. The molecular formula is C13H15BrN4O. The van der Waals surface area contributed by atoms with Crippen molar-refractivity contribution < 1.29 is 4.74 Å². The quantitative estimate of drug-likeness (QED) is 0.827.